The molecule has 0 aliphatic heterocycles. The summed E-state index contributed by atoms with van der Waals surface area (Å²) in [5, 5.41) is 0. The van der Waals surface area contributed by atoms with E-state index in [-0.39, 0.29) is 21.1 Å². The Balaban J connectivity index is 0.00000133. The van der Waals surface area contributed by atoms with Crippen molar-refractivity contribution in [2.24, 2.45) is 0 Å². The van der Waals surface area contributed by atoms with Crippen LogP contribution in [0.25, 0.3) is 22.6 Å². The molecule has 0 amide bonds. The Labute approximate surface area is 126 Å². The second kappa shape index (κ2) is 6.40. The van der Waals surface area contributed by atoms with E-state index in [1.165, 1.54) is 0 Å². The number of aromatic nitrogens is 2. The van der Waals surface area contributed by atoms with E-state index in [1.807, 2.05) is 54.6 Å². The van der Waals surface area contributed by atoms with Gasteiger partial charge in [0, 0.05) is 11.8 Å². The van der Waals surface area contributed by atoms with Gasteiger partial charge in [0.1, 0.15) is 0 Å². The third kappa shape index (κ3) is 3.15. The molecule has 0 bridgehead atoms. The van der Waals surface area contributed by atoms with E-state index >= 15 is 0 Å². The number of benzene rings is 1. The summed E-state index contributed by atoms with van der Waals surface area (Å²) in [5.74, 6) is 0. The van der Waals surface area contributed by atoms with Crippen molar-refractivity contribution in [2.75, 3.05) is 0 Å². The van der Waals surface area contributed by atoms with Gasteiger partial charge in [-0.15, -0.1) is 0 Å². The summed E-state index contributed by atoms with van der Waals surface area (Å²) < 4.78 is 0. The van der Waals surface area contributed by atoms with Crippen LogP contribution in [0.2, 0.25) is 0 Å². The van der Waals surface area contributed by atoms with Crippen molar-refractivity contribution in [3.8, 4) is 22.6 Å². The van der Waals surface area contributed by atoms with Crippen LogP contribution in [0, 0.1) is 0 Å². The molecule has 0 radical (unpaired) electrons. The van der Waals surface area contributed by atoms with Gasteiger partial charge in [-0.25, -0.2) is 4.98 Å². The molecular weight excluding hydrogens is 415 g/mol. The van der Waals surface area contributed by atoms with Gasteiger partial charge in [-0.3, -0.25) is 4.98 Å². The Kier molecular flexibility index (Phi) is 4.59. The minimum absolute atomic E-state index is 0. The molecule has 3 heteroatoms. The number of rotatable bonds is 2. The van der Waals surface area contributed by atoms with Gasteiger partial charge in [0.15, 0.2) is 0 Å². The molecule has 3 aromatic rings. The van der Waals surface area contributed by atoms with Crippen LogP contribution in [0.3, 0.4) is 0 Å². The second-order valence-electron chi connectivity index (χ2n) is 3.99. The van der Waals surface area contributed by atoms with Gasteiger partial charge < -0.3 is 0 Å². The summed E-state index contributed by atoms with van der Waals surface area (Å²) >= 11 is 0. The quantitative estimate of drug-likeness (QED) is 0.622. The monoisotopic (exact) mass is 427 g/mol. The Bertz CT molecular complexity index is 584. The van der Waals surface area contributed by atoms with Crippen molar-refractivity contribution in [3.05, 3.63) is 72.9 Å². The molecule has 19 heavy (non-hydrogen) atoms. The van der Waals surface area contributed by atoms with Gasteiger partial charge in [-0.05, 0) is 24.3 Å². The first-order valence-electron chi connectivity index (χ1n) is 5.87. The smallest absolute Gasteiger partial charge is 0.255 e. The van der Waals surface area contributed by atoms with Crippen LogP contribution in [0.5, 0.6) is 0 Å². The third-order valence-corrected chi connectivity index (χ3v) is 2.75. The predicted molar refractivity (Wildman–Crippen MR) is 72.9 cm³/mol. The first-order chi connectivity index (χ1) is 8.93. The van der Waals surface area contributed by atoms with Crippen LogP contribution in [0.1, 0.15) is 0 Å². The SMILES string of the molecule is [Pt+2].c1ccc(-c2cccc(-c3ccccn3)n2)cc1. The largest absolute Gasteiger partial charge is 2.00 e. The zero-order valence-electron chi connectivity index (χ0n) is 10.1. The van der Waals surface area contributed by atoms with Crippen molar-refractivity contribution in [2.45, 2.75) is 0 Å². The molecule has 94 valence electrons. The van der Waals surface area contributed by atoms with Crippen molar-refractivity contribution in [1.82, 2.24) is 9.97 Å². The fourth-order valence-electron chi connectivity index (χ4n) is 1.86. The van der Waals surface area contributed by atoms with E-state index < -0.39 is 0 Å². The number of hydrogen-bond acceptors (Lipinski definition) is 2. The standard InChI is InChI=1S/C16H12N2.Pt/c1-2-7-13(8-3-1)14-10-6-11-16(18-14)15-9-4-5-12-17-15;/h1-12H;/q;+2. The average molecular weight is 427 g/mol. The molecule has 0 spiro atoms. The maximum atomic E-state index is 4.65. The topological polar surface area (TPSA) is 25.8 Å². The fraction of sp³-hybridized carbons (Fsp3) is 0. The molecule has 0 fully saturated rings. The average Bonchev–Trinajstić information content (AvgIpc) is 2.49. The normalized spacial score (nSPS) is 9.68. The number of hydrogen-bond donors (Lipinski definition) is 0. The van der Waals surface area contributed by atoms with Crippen LogP contribution in [0.4, 0.5) is 0 Å². The van der Waals surface area contributed by atoms with Crippen LogP contribution in [-0.4, -0.2) is 9.97 Å². The molecule has 2 heterocycles. The molecule has 0 aliphatic carbocycles. The summed E-state index contributed by atoms with van der Waals surface area (Å²) in [6, 6.07) is 22.0. The molecule has 1 aromatic carbocycles. The fourth-order valence-corrected chi connectivity index (χ4v) is 1.86. The molecular formula is C16H12N2Pt+2. The number of pyridine rings is 2. The van der Waals surface area contributed by atoms with Gasteiger partial charge in [-0.1, -0.05) is 42.5 Å². The van der Waals surface area contributed by atoms with E-state index in [4.69, 9.17) is 0 Å². The Hall–Kier alpha value is -1.79. The minimum Gasteiger partial charge on any atom is -0.255 e. The van der Waals surface area contributed by atoms with E-state index in [0.29, 0.717) is 0 Å². The molecule has 0 N–H and O–H groups in total. The number of nitrogens with zero attached hydrogens (tertiary/aromatic N) is 2. The first kappa shape index (κ1) is 13.6. The Morgan fingerprint density at radius 3 is 2.00 bits per heavy atom. The van der Waals surface area contributed by atoms with Crippen molar-refractivity contribution in [1.29, 1.82) is 0 Å². The van der Waals surface area contributed by atoms with Gasteiger partial charge in [0.25, 0.3) is 0 Å². The summed E-state index contributed by atoms with van der Waals surface area (Å²) in [6.45, 7) is 0. The molecule has 3 rings (SSSR count). The van der Waals surface area contributed by atoms with Crippen LogP contribution < -0.4 is 0 Å². The van der Waals surface area contributed by atoms with Crippen LogP contribution in [-0.2, 0) is 21.1 Å². The molecule has 0 saturated carbocycles. The van der Waals surface area contributed by atoms with E-state index in [9.17, 15) is 0 Å². The first-order valence-corrected chi connectivity index (χ1v) is 5.87. The minimum atomic E-state index is 0. The van der Waals surface area contributed by atoms with Crippen LogP contribution in [0.15, 0.2) is 72.9 Å². The van der Waals surface area contributed by atoms with Gasteiger partial charge >= 0.3 is 21.1 Å². The molecule has 0 aliphatic rings. The van der Waals surface area contributed by atoms with Gasteiger partial charge in [0.2, 0.25) is 0 Å². The van der Waals surface area contributed by atoms with Crippen molar-refractivity contribution >= 4 is 0 Å². The van der Waals surface area contributed by atoms with Crippen LogP contribution >= 0.6 is 0 Å². The van der Waals surface area contributed by atoms with Gasteiger partial charge in [-0.2, -0.15) is 0 Å². The Morgan fingerprint density at radius 1 is 0.579 bits per heavy atom. The molecule has 2 nitrogen and oxygen atoms in total. The summed E-state index contributed by atoms with van der Waals surface area (Å²) in [4.78, 5) is 8.97. The second-order valence-corrected chi connectivity index (χ2v) is 3.99. The third-order valence-electron chi connectivity index (χ3n) is 2.75. The summed E-state index contributed by atoms with van der Waals surface area (Å²) in [7, 11) is 0. The summed E-state index contributed by atoms with van der Waals surface area (Å²) in [6.07, 6.45) is 1.78. The zero-order chi connectivity index (χ0) is 12.2. The predicted octanol–water partition coefficient (Wildman–Crippen LogP) is 3.81. The molecule has 0 saturated heterocycles. The van der Waals surface area contributed by atoms with Gasteiger partial charge in [0.05, 0.1) is 17.1 Å². The maximum Gasteiger partial charge on any atom is 2.00 e. The molecule has 2 aromatic heterocycles. The van der Waals surface area contributed by atoms with E-state index in [2.05, 4.69) is 22.1 Å². The van der Waals surface area contributed by atoms with Crippen molar-refractivity contribution < 1.29 is 21.1 Å². The maximum absolute atomic E-state index is 4.65. The molecule has 0 unspecified atom stereocenters. The zero-order valence-corrected chi connectivity index (χ0v) is 12.4. The van der Waals surface area contributed by atoms with E-state index in [1.54, 1.807) is 6.20 Å². The molecule has 0 atom stereocenters. The van der Waals surface area contributed by atoms with E-state index in [0.717, 1.165) is 22.6 Å². The van der Waals surface area contributed by atoms with Crippen molar-refractivity contribution in [3.63, 3.8) is 0 Å². The Morgan fingerprint density at radius 2 is 1.26 bits per heavy atom. The summed E-state index contributed by atoms with van der Waals surface area (Å²) in [5.41, 5.74) is 3.89.